The van der Waals surface area contributed by atoms with E-state index in [0.29, 0.717) is 12.6 Å². The Balaban J connectivity index is 2.07. The lowest BCUT2D eigenvalue weighted by molar-refractivity contribution is 0.203. The third kappa shape index (κ3) is 3.95. The van der Waals surface area contributed by atoms with Crippen LogP contribution in [0.3, 0.4) is 0 Å². The molecule has 2 N–H and O–H groups in total. The normalized spacial score (nSPS) is 15.3. The molecule has 106 valence electrons. The quantitative estimate of drug-likeness (QED) is 0.821. The predicted molar refractivity (Wildman–Crippen MR) is 79.2 cm³/mol. The molecular formula is C16H26N2O. The molecule has 2 rings (SSSR count). The lowest BCUT2D eigenvalue weighted by Gasteiger charge is -2.26. The Labute approximate surface area is 116 Å². The van der Waals surface area contributed by atoms with Crippen LogP contribution in [0.15, 0.2) is 18.2 Å². The Kier molecular flexibility index (Phi) is 4.83. The summed E-state index contributed by atoms with van der Waals surface area (Å²) < 4.78 is 5.41. The van der Waals surface area contributed by atoms with Gasteiger partial charge in [0.2, 0.25) is 0 Å². The molecular weight excluding hydrogens is 236 g/mol. The second-order valence-electron chi connectivity index (χ2n) is 5.82. The zero-order valence-electron chi connectivity index (χ0n) is 12.4. The molecule has 0 atom stereocenters. The van der Waals surface area contributed by atoms with Gasteiger partial charge in [-0.1, -0.05) is 12.1 Å². The van der Waals surface area contributed by atoms with E-state index in [-0.39, 0.29) is 0 Å². The van der Waals surface area contributed by atoms with Crippen LogP contribution < -0.4 is 10.5 Å². The summed E-state index contributed by atoms with van der Waals surface area (Å²) in [4.78, 5) is 2.55. The van der Waals surface area contributed by atoms with Crippen molar-refractivity contribution >= 4 is 0 Å². The van der Waals surface area contributed by atoms with Crippen LogP contribution in [-0.4, -0.2) is 24.6 Å². The van der Waals surface area contributed by atoms with Gasteiger partial charge in [-0.2, -0.15) is 0 Å². The van der Waals surface area contributed by atoms with E-state index in [1.165, 1.54) is 24.9 Å². The van der Waals surface area contributed by atoms with Gasteiger partial charge < -0.3 is 10.5 Å². The van der Waals surface area contributed by atoms with Crippen LogP contribution in [0.1, 0.15) is 37.8 Å². The lowest BCUT2D eigenvalue weighted by Crippen LogP contribution is -2.32. The van der Waals surface area contributed by atoms with Crippen molar-refractivity contribution in [3.05, 3.63) is 29.3 Å². The molecule has 1 aromatic carbocycles. The first-order valence-corrected chi connectivity index (χ1v) is 7.24. The minimum absolute atomic E-state index is 0.527. The molecule has 0 aliphatic heterocycles. The highest BCUT2D eigenvalue weighted by Gasteiger charge is 2.25. The summed E-state index contributed by atoms with van der Waals surface area (Å²) >= 11 is 0. The first kappa shape index (κ1) is 14.4. The highest BCUT2D eigenvalue weighted by molar-refractivity contribution is 5.37. The number of hydrogen-bond acceptors (Lipinski definition) is 3. The van der Waals surface area contributed by atoms with Gasteiger partial charge in [-0.25, -0.2) is 0 Å². The van der Waals surface area contributed by atoms with Gasteiger partial charge >= 0.3 is 0 Å². The van der Waals surface area contributed by atoms with Gasteiger partial charge in [-0.05, 0) is 44.2 Å². The predicted octanol–water partition coefficient (Wildman–Crippen LogP) is 2.77. The molecule has 0 aromatic heterocycles. The van der Waals surface area contributed by atoms with Gasteiger partial charge in [-0.3, -0.25) is 4.90 Å². The largest absolute Gasteiger partial charge is 0.496 e. The average molecular weight is 262 g/mol. The van der Waals surface area contributed by atoms with Crippen LogP contribution in [0.2, 0.25) is 0 Å². The monoisotopic (exact) mass is 262 g/mol. The molecule has 1 aliphatic rings. The van der Waals surface area contributed by atoms with Crippen molar-refractivity contribution in [2.45, 2.75) is 45.8 Å². The van der Waals surface area contributed by atoms with E-state index >= 15 is 0 Å². The van der Waals surface area contributed by atoms with Crippen LogP contribution in [0.5, 0.6) is 5.75 Å². The number of nitrogens with two attached hydrogens (primary N) is 1. The molecule has 3 heteroatoms. The van der Waals surface area contributed by atoms with Crippen LogP contribution in [0.25, 0.3) is 0 Å². The molecule has 3 nitrogen and oxygen atoms in total. The summed E-state index contributed by atoms with van der Waals surface area (Å²) in [6.45, 7) is 7.29. The van der Waals surface area contributed by atoms with E-state index in [9.17, 15) is 0 Å². The van der Waals surface area contributed by atoms with E-state index < -0.39 is 0 Å². The fourth-order valence-corrected chi connectivity index (χ4v) is 2.38. The molecule has 0 radical (unpaired) electrons. The third-order valence-corrected chi connectivity index (χ3v) is 3.88. The van der Waals surface area contributed by atoms with E-state index in [1.807, 2.05) is 0 Å². The van der Waals surface area contributed by atoms with Gasteiger partial charge in [0.15, 0.2) is 0 Å². The summed E-state index contributed by atoms with van der Waals surface area (Å²) in [6.07, 6.45) is 2.80. The maximum Gasteiger partial charge on any atom is 0.123 e. The van der Waals surface area contributed by atoms with Crippen molar-refractivity contribution in [3.63, 3.8) is 0 Å². The summed E-state index contributed by atoms with van der Waals surface area (Å²) in [5, 5.41) is 0. The Hall–Kier alpha value is -1.06. The smallest absolute Gasteiger partial charge is 0.123 e. The van der Waals surface area contributed by atoms with Gasteiger partial charge in [0.05, 0.1) is 7.11 Å². The zero-order valence-corrected chi connectivity index (χ0v) is 12.4. The molecule has 19 heavy (non-hydrogen) atoms. The van der Waals surface area contributed by atoms with Gasteiger partial charge in [0.1, 0.15) is 5.75 Å². The molecule has 0 amide bonds. The van der Waals surface area contributed by atoms with Crippen molar-refractivity contribution in [1.82, 2.24) is 4.90 Å². The molecule has 0 unspecified atom stereocenters. The molecule has 0 heterocycles. The van der Waals surface area contributed by atoms with Crippen molar-refractivity contribution in [1.29, 1.82) is 0 Å². The topological polar surface area (TPSA) is 38.5 Å². The molecule has 1 aliphatic carbocycles. The minimum Gasteiger partial charge on any atom is -0.496 e. The standard InChI is InChI=1S/C16H26N2O/c1-12(2)18(10-13-4-5-13)11-14-6-7-15(9-17)16(8-14)19-3/h6-8,12-13H,4-5,9-11,17H2,1-3H3. The number of hydrogen-bond donors (Lipinski definition) is 1. The van der Waals surface area contributed by atoms with Gasteiger partial charge in [0.25, 0.3) is 0 Å². The van der Waals surface area contributed by atoms with Crippen molar-refractivity contribution in [2.75, 3.05) is 13.7 Å². The SMILES string of the molecule is COc1cc(CN(CC2CC2)C(C)C)ccc1CN. The Morgan fingerprint density at radius 3 is 2.63 bits per heavy atom. The molecule has 0 bridgehead atoms. The second-order valence-corrected chi connectivity index (χ2v) is 5.82. The highest BCUT2D eigenvalue weighted by atomic mass is 16.5. The molecule has 0 saturated heterocycles. The fraction of sp³-hybridized carbons (Fsp3) is 0.625. The Morgan fingerprint density at radius 2 is 2.11 bits per heavy atom. The van der Waals surface area contributed by atoms with E-state index in [2.05, 4.69) is 36.9 Å². The maximum atomic E-state index is 5.71. The van der Waals surface area contributed by atoms with Crippen molar-refractivity contribution in [3.8, 4) is 5.75 Å². The summed E-state index contributed by atoms with van der Waals surface area (Å²) in [7, 11) is 1.71. The number of methoxy groups -OCH3 is 1. The number of ether oxygens (including phenoxy) is 1. The second kappa shape index (κ2) is 6.40. The minimum atomic E-state index is 0.527. The van der Waals surface area contributed by atoms with Crippen molar-refractivity contribution in [2.24, 2.45) is 11.7 Å². The van der Waals surface area contributed by atoms with Crippen LogP contribution in [0.4, 0.5) is 0 Å². The molecule has 1 aromatic rings. The molecule has 0 spiro atoms. The summed E-state index contributed by atoms with van der Waals surface area (Å²) in [5.41, 5.74) is 8.09. The van der Waals surface area contributed by atoms with Crippen LogP contribution in [-0.2, 0) is 13.1 Å². The lowest BCUT2D eigenvalue weighted by atomic mass is 10.1. The maximum absolute atomic E-state index is 5.71. The first-order valence-electron chi connectivity index (χ1n) is 7.24. The van der Waals surface area contributed by atoms with Crippen LogP contribution in [0, 0.1) is 5.92 Å². The highest BCUT2D eigenvalue weighted by Crippen LogP contribution is 2.31. The van der Waals surface area contributed by atoms with E-state index in [1.54, 1.807) is 7.11 Å². The van der Waals surface area contributed by atoms with Crippen LogP contribution >= 0.6 is 0 Å². The molecule has 1 fully saturated rings. The zero-order chi connectivity index (χ0) is 13.8. The van der Waals surface area contributed by atoms with Crippen molar-refractivity contribution < 1.29 is 4.74 Å². The number of benzene rings is 1. The van der Waals surface area contributed by atoms with Gasteiger partial charge in [0, 0.05) is 31.2 Å². The van der Waals surface area contributed by atoms with Gasteiger partial charge in [-0.15, -0.1) is 0 Å². The Bertz CT molecular complexity index is 413. The fourth-order valence-electron chi connectivity index (χ4n) is 2.38. The number of nitrogens with zero attached hydrogens (tertiary/aromatic N) is 1. The Morgan fingerprint density at radius 1 is 1.37 bits per heavy atom. The summed E-state index contributed by atoms with van der Waals surface area (Å²) in [5.74, 6) is 1.84. The van der Waals surface area contributed by atoms with E-state index in [0.717, 1.165) is 23.8 Å². The number of rotatable bonds is 7. The third-order valence-electron chi connectivity index (χ3n) is 3.88. The summed E-state index contributed by atoms with van der Waals surface area (Å²) in [6, 6.07) is 6.97. The van der Waals surface area contributed by atoms with E-state index in [4.69, 9.17) is 10.5 Å². The first-order chi connectivity index (χ1) is 9.13. The average Bonchev–Trinajstić information content (AvgIpc) is 3.21. The molecule has 1 saturated carbocycles.